The first-order chi connectivity index (χ1) is 17.5. The summed E-state index contributed by atoms with van der Waals surface area (Å²) >= 11 is 13.4. The number of nitro benzene ring substituents is 1. The van der Waals surface area contributed by atoms with E-state index in [2.05, 4.69) is 20.8 Å². The van der Waals surface area contributed by atoms with Crippen LogP contribution in [0.15, 0.2) is 41.6 Å². The lowest BCUT2D eigenvalue weighted by Gasteiger charge is -2.22. The zero-order valence-electron chi connectivity index (χ0n) is 20.6. The minimum Gasteiger partial charge on any atom is -0.342 e. The van der Waals surface area contributed by atoms with Gasteiger partial charge in [-0.15, -0.1) is 10.2 Å². The lowest BCUT2D eigenvalue weighted by molar-refractivity contribution is -0.384. The molecule has 0 saturated carbocycles. The van der Waals surface area contributed by atoms with Crippen molar-refractivity contribution in [2.45, 2.75) is 45.4 Å². The van der Waals surface area contributed by atoms with E-state index in [0.717, 1.165) is 0 Å². The van der Waals surface area contributed by atoms with E-state index < -0.39 is 11.0 Å². The zero-order valence-corrected chi connectivity index (χ0v) is 22.9. The summed E-state index contributed by atoms with van der Waals surface area (Å²) < 4.78 is 1.85. The molecule has 1 aromatic heterocycles. The van der Waals surface area contributed by atoms with Crippen molar-refractivity contribution >= 4 is 58.2 Å². The fourth-order valence-corrected chi connectivity index (χ4v) is 4.88. The van der Waals surface area contributed by atoms with E-state index in [1.807, 2.05) is 25.3 Å². The van der Waals surface area contributed by atoms with E-state index in [1.54, 1.807) is 19.1 Å². The van der Waals surface area contributed by atoms with Crippen molar-refractivity contribution in [2.24, 2.45) is 5.92 Å². The second-order valence-electron chi connectivity index (χ2n) is 8.50. The van der Waals surface area contributed by atoms with Gasteiger partial charge in [0.25, 0.3) is 11.6 Å². The lowest BCUT2D eigenvalue weighted by Crippen LogP contribution is -2.34. The summed E-state index contributed by atoms with van der Waals surface area (Å²) in [4.78, 5) is 36.0. The Kier molecular flexibility index (Phi) is 9.52. The third kappa shape index (κ3) is 7.00. The Morgan fingerprint density at radius 2 is 1.89 bits per heavy atom. The van der Waals surface area contributed by atoms with Crippen LogP contribution in [0.1, 0.15) is 48.6 Å². The number of thioether (sulfide) groups is 1. The monoisotopic (exact) mass is 564 g/mol. The third-order valence-corrected chi connectivity index (χ3v) is 7.01. The van der Waals surface area contributed by atoms with Crippen LogP contribution in [0.4, 0.5) is 11.4 Å². The zero-order chi connectivity index (χ0) is 27.3. The number of benzene rings is 2. The molecule has 0 radical (unpaired) electrons. The number of carbonyl (C=O) groups excluding carboxylic acids is 2. The van der Waals surface area contributed by atoms with Gasteiger partial charge in [-0.05, 0) is 49.6 Å². The molecule has 0 aliphatic carbocycles. The maximum atomic E-state index is 13.0. The molecular weight excluding hydrogens is 539 g/mol. The summed E-state index contributed by atoms with van der Waals surface area (Å²) in [6.07, 6.45) is 0. The van der Waals surface area contributed by atoms with Crippen molar-refractivity contribution in [1.29, 1.82) is 0 Å². The topological polar surface area (TPSA) is 132 Å². The summed E-state index contributed by atoms with van der Waals surface area (Å²) in [7, 11) is 0. The molecule has 1 heterocycles. The highest BCUT2D eigenvalue weighted by Gasteiger charge is 2.27. The van der Waals surface area contributed by atoms with Gasteiger partial charge in [0, 0.05) is 29.4 Å². The number of non-ortho nitro benzene ring substituents is 1. The summed E-state index contributed by atoms with van der Waals surface area (Å²) in [5.74, 6) is -0.0626. The first-order valence-electron chi connectivity index (χ1n) is 11.4. The Labute approximate surface area is 228 Å². The normalized spacial score (nSPS) is 11.9. The molecule has 13 heteroatoms. The highest BCUT2D eigenvalue weighted by atomic mass is 35.5. The fraction of sp³-hybridized carbons (Fsp3) is 0.333. The molecule has 0 spiro atoms. The van der Waals surface area contributed by atoms with Crippen LogP contribution < -0.4 is 10.6 Å². The molecule has 3 aromatic rings. The number of anilines is 1. The molecule has 10 nitrogen and oxygen atoms in total. The number of nitro groups is 1. The molecule has 2 aromatic carbocycles. The molecule has 1 atom stereocenters. The molecule has 0 aliphatic heterocycles. The standard InChI is InChI=1S/C24H26Cl2N6O4S/c1-5-31-22(21(13(2)3)28-23(34)17-8-6-15(25)11-18(17)26)29-30-24(31)37-12-20(33)27-19-9-7-16(32(35)36)10-14(19)4/h6-11,13,21H,5,12H2,1-4H3,(H,27,33)(H,28,34)/t21-/m1/s1. The van der Waals surface area contributed by atoms with Crippen LogP contribution in [0.25, 0.3) is 0 Å². The molecule has 0 fully saturated rings. The van der Waals surface area contributed by atoms with E-state index in [4.69, 9.17) is 23.2 Å². The molecule has 37 heavy (non-hydrogen) atoms. The van der Waals surface area contributed by atoms with Gasteiger partial charge in [-0.1, -0.05) is 48.8 Å². The Morgan fingerprint density at radius 3 is 2.49 bits per heavy atom. The van der Waals surface area contributed by atoms with E-state index in [9.17, 15) is 19.7 Å². The van der Waals surface area contributed by atoms with Gasteiger partial charge in [0.2, 0.25) is 5.91 Å². The van der Waals surface area contributed by atoms with Gasteiger partial charge in [0.1, 0.15) is 0 Å². The Bertz CT molecular complexity index is 1330. The van der Waals surface area contributed by atoms with Gasteiger partial charge in [-0.2, -0.15) is 0 Å². The second-order valence-corrected chi connectivity index (χ2v) is 10.3. The average molecular weight is 565 g/mol. The number of halogens is 2. The Hall–Kier alpha value is -3.15. The first-order valence-corrected chi connectivity index (χ1v) is 13.1. The van der Waals surface area contributed by atoms with Crippen LogP contribution in [0.5, 0.6) is 0 Å². The molecule has 3 rings (SSSR count). The Morgan fingerprint density at radius 1 is 1.16 bits per heavy atom. The van der Waals surface area contributed by atoms with Crippen LogP contribution in [0.3, 0.4) is 0 Å². The molecule has 2 N–H and O–H groups in total. The molecule has 0 unspecified atom stereocenters. The second kappa shape index (κ2) is 12.4. The van der Waals surface area contributed by atoms with Crippen molar-refractivity contribution in [2.75, 3.05) is 11.1 Å². The highest BCUT2D eigenvalue weighted by molar-refractivity contribution is 7.99. The van der Waals surface area contributed by atoms with Gasteiger partial charge in [0.05, 0.1) is 27.3 Å². The summed E-state index contributed by atoms with van der Waals surface area (Å²) in [5.41, 5.74) is 1.34. The maximum Gasteiger partial charge on any atom is 0.269 e. The van der Waals surface area contributed by atoms with E-state index in [0.29, 0.717) is 39.4 Å². The fourth-order valence-electron chi connectivity index (χ4n) is 3.57. The summed E-state index contributed by atoms with van der Waals surface area (Å²) in [6.45, 7) is 8.04. The van der Waals surface area contributed by atoms with Gasteiger partial charge < -0.3 is 15.2 Å². The summed E-state index contributed by atoms with van der Waals surface area (Å²) in [5, 5.41) is 26.5. The lowest BCUT2D eigenvalue weighted by atomic mass is 10.0. The van der Waals surface area contributed by atoms with Gasteiger partial charge >= 0.3 is 0 Å². The molecule has 0 aliphatic rings. The first kappa shape index (κ1) is 28.4. The van der Waals surface area contributed by atoms with Gasteiger partial charge in [-0.3, -0.25) is 19.7 Å². The number of nitrogens with one attached hydrogen (secondary N) is 2. The Balaban J connectivity index is 1.72. The van der Waals surface area contributed by atoms with Gasteiger partial charge in [-0.25, -0.2) is 0 Å². The van der Waals surface area contributed by atoms with Crippen LogP contribution in [-0.2, 0) is 11.3 Å². The number of aryl methyl sites for hydroxylation is 1. The molecule has 0 saturated heterocycles. The smallest absolute Gasteiger partial charge is 0.269 e. The highest BCUT2D eigenvalue weighted by Crippen LogP contribution is 2.28. The van der Waals surface area contributed by atoms with Crippen molar-refractivity contribution in [3.8, 4) is 0 Å². The number of hydrogen-bond acceptors (Lipinski definition) is 7. The SMILES string of the molecule is CCn1c(SCC(=O)Nc2ccc([N+](=O)[O-])cc2C)nnc1[C@H](NC(=O)c1ccc(Cl)cc1Cl)C(C)C. The minimum atomic E-state index is -0.486. The quantitative estimate of drug-likeness (QED) is 0.184. The van der Waals surface area contributed by atoms with E-state index in [1.165, 1.54) is 36.0 Å². The van der Waals surface area contributed by atoms with Gasteiger partial charge in [0.15, 0.2) is 11.0 Å². The predicted molar refractivity (Wildman–Crippen MR) is 144 cm³/mol. The van der Waals surface area contributed by atoms with Crippen LogP contribution >= 0.6 is 35.0 Å². The van der Waals surface area contributed by atoms with Crippen LogP contribution in [-0.4, -0.2) is 37.3 Å². The van der Waals surface area contributed by atoms with Crippen LogP contribution in [0, 0.1) is 23.0 Å². The largest absolute Gasteiger partial charge is 0.342 e. The average Bonchev–Trinajstić information content (AvgIpc) is 3.24. The van der Waals surface area contributed by atoms with Crippen molar-refractivity contribution in [1.82, 2.24) is 20.1 Å². The number of amides is 2. The number of aromatic nitrogens is 3. The van der Waals surface area contributed by atoms with Crippen LogP contribution in [0.2, 0.25) is 10.0 Å². The molecule has 0 bridgehead atoms. The van der Waals surface area contributed by atoms with Crippen molar-refractivity contribution in [3.63, 3.8) is 0 Å². The molecule has 2 amide bonds. The van der Waals surface area contributed by atoms with E-state index in [-0.39, 0.29) is 34.2 Å². The number of carbonyl (C=O) groups is 2. The van der Waals surface area contributed by atoms with E-state index >= 15 is 0 Å². The molecule has 196 valence electrons. The van der Waals surface area contributed by atoms with Crippen molar-refractivity contribution < 1.29 is 14.5 Å². The predicted octanol–water partition coefficient (Wildman–Crippen LogP) is 5.68. The summed E-state index contributed by atoms with van der Waals surface area (Å²) in [6, 6.07) is 8.46. The minimum absolute atomic E-state index is 0.0178. The van der Waals surface area contributed by atoms with Crippen molar-refractivity contribution in [3.05, 3.63) is 73.5 Å². The number of hydrogen-bond donors (Lipinski definition) is 2. The number of rotatable bonds is 10. The maximum absolute atomic E-state index is 13.0. The molecular formula is C24H26Cl2N6O4S. The third-order valence-electron chi connectivity index (χ3n) is 5.50. The number of nitrogens with zero attached hydrogens (tertiary/aromatic N) is 4.